The number of aromatic nitrogens is 1. The van der Waals surface area contributed by atoms with Crippen LogP contribution in [-0.2, 0) is 25.5 Å². The standard InChI is InChI=1S/C27H24N4O10S/c1-38-21(32)12-41-16-4-2-3-14(9-16)10-18(23(33)30-26-28-17(13-42-26)25(35)36)31-24(34)22(29-27(31)37)15-5-6-19-20(11-15)40-8-7-39-19/h2-6,9,11,13,18,22H,7-8,10,12H2,1H3,(H,29,37)(H,35,36)(H,28,30,33). The second-order valence-corrected chi connectivity index (χ2v) is 9.92. The molecule has 0 spiro atoms. The predicted octanol–water partition coefficient (Wildman–Crippen LogP) is 2.01. The fourth-order valence-electron chi connectivity index (χ4n) is 4.36. The molecule has 0 bridgehead atoms. The maximum Gasteiger partial charge on any atom is 0.355 e. The van der Waals surface area contributed by atoms with E-state index in [1.54, 1.807) is 42.5 Å². The number of anilines is 1. The number of thiazole rings is 1. The van der Waals surface area contributed by atoms with Crippen molar-refractivity contribution in [2.45, 2.75) is 18.5 Å². The van der Waals surface area contributed by atoms with Gasteiger partial charge in [0.1, 0.15) is 31.0 Å². The number of imide groups is 1. The third kappa shape index (κ3) is 6.10. The van der Waals surface area contributed by atoms with Crippen molar-refractivity contribution in [3.63, 3.8) is 0 Å². The van der Waals surface area contributed by atoms with Crippen LogP contribution >= 0.6 is 11.3 Å². The van der Waals surface area contributed by atoms with E-state index in [2.05, 4.69) is 20.4 Å². The van der Waals surface area contributed by atoms with Gasteiger partial charge in [-0.15, -0.1) is 11.3 Å². The summed E-state index contributed by atoms with van der Waals surface area (Å²) in [5.41, 5.74) is 0.672. The maximum atomic E-state index is 13.7. The molecule has 42 heavy (non-hydrogen) atoms. The lowest BCUT2D eigenvalue weighted by molar-refractivity contribution is -0.143. The summed E-state index contributed by atoms with van der Waals surface area (Å²) in [6.45, 7) is 0.376. The molecule has 0 aliphatic carbocycles. The summed E-state index contributed by atoms with van der Waals surface area (Å²) in [4.78, 5) is 67.8. The molecule has 15 heteroatoms. The largest absolute Gasteiger partial charge is 0.486 e. The van der Waals surface area contributed by atoms with Crippen LogP contribution in [0.4, 0.5) is 9.93 Å². The van der Waals surface area contributed by atoms with Gasteiger partial charge in [0.2, 0.25) is 5.91 Å². The van der Waals surface area contributed by atoms with Crippen LogP contribution in [0.15, 0.2) is 47.8 Å². The third-order valence-corrected chi connectivity index (χ3v) is 7.11. The quantitative estimate of drug-likeness (QED) is 0.230. The number of benzene rings is 2. The topological polar surface area (TPSA) is 183 Å². The zero-order valence-corrected chi connectivity index (χ0v) is 22.8. The van der Waals surface area contributed by atoms with Crippen molar-refractivity contribution in [1.82, 2.24) is 15.2 Å². The SMILES string of the molecule is COC(=O)COc1cccc(CC(C(=O)Nc2nc(C(=O)O)cs2)N2C(=O)NC(c3ccc4c(c3)OCCO4)C2=O)c1. The minimum atomic E-state index is -1.37. The molecule has 3 aromatic rings. The minimum absolute atomic E-state index is 0.0204. The Bertz CT molecular complexity index is 1560. The summed E-state index contributed by atoms with van der Waals surface area (Å²) in [5.74, 6) is -2.08. The van der Waals surface area contributed by atoms with Gasteiger partial charge in [0.05, 0.1) is 7.11 Å². The van der Waals surface area contributed by atoms with Crippen LogP contribution in [-0.4, -0.2) is 77.7 Å². The number of carboxylic acids is 1. The van der Waals surface area contributed by atoms with E-state index in [-0.39, 0.29) is 23.9 Å². The highest BCUT2D eigenvalue weighted by Gasteiger charge is 2.45. The number of carboxylic acid groups (broad SMARTS) is 1. The average Bonchev–Trinajstić information content (AvgIpc) is 3.58. The number of nitrogens with one attached hydrogen (secondary N) is 2. The smallest absolute Gasteiger partial charge is 0.355 e. The molecule has 3 heterocycles. The highest BCUT2D eigenvalue weighted by molar-refractivity contribution is 7.14. The predicted molar refractivity (Wildman–Crippen MR) is 145 cm³/mol. The van der Waals surface area contributed by atoms with E-state index < -0.39 is 41.9 Å². The Morgan fingerprint density at radius 2 is 1.95 bits per heavy atom. The van der Waals surface area contributed by atoms with Gasteiger partial charge in [0, 0.05) is 11.8 Å². The molecule has 4 amide bonds. The molecular formula is C27H24N4O10S. The number of ether oxygens (including phenoxy) is 4. The van der Waals surface area contributed by atoms with Gasteiger partial charge in [-0.3, -0.25) is 9.59 Å². The zero-order valence-electron chi connectivity index (χ0n) is 22.0. The van der Waals surface area contributed by atoms with E-state index in [9.17, 15) is 29.1 Å². The van der Waals surface area contributed by atoms with Crippen LogP contribution in [0.2, 0.25) is 0 Å². The molecule has 2 aliphatic heterocycles. The summed E-state index contributed by atoms with van der Waals surface area (Å²) < 4.78 is 21.1. The van der Waals surface area contributed by atoms with Crippen LogP contribution in [0.1, 0.15) is 27.7 Å². The van der Waals surface area contributed by atoms with E-state index in [0.717, 1.165) is 16.2 Å². The first-order chi connectivity index (χ1) is 20.2. The first kappa shape index (κ1) is 28.4. The number of hydrogen-bond donors (Lipinski definition) is 3. The van der Waals surface area contributed by atoms with E-state index in [1.807, 2.05) is 0 Å². The van der Waals surface area contributed by atoms with Crippen LogP contribution in [0.3, 0.4) is 0 Å². The molecule has 2 aromatic carbocycles. The lowest BCUT2D eigenvalue weighted by Crippen LogP contribution is -2.49. The Kier molecular flexibility index (Phi) is 8.19. The zero-order chi connectivity index (χ0) is 29.8. The fraction of sp³-hybridized carbons (Fsp3) is 0.259. The molecule has 1 fully saturated rings. The number of carbonyl (C=O) groups is 5. The van der Waals surface area contributed by atoms with E-state index in [0.29, 0.717) is 41.6 Å². The highest BCUT2D eigenvalue weighted by atomic mass is 32.1. The molecular weight excluding hydrogens is 572 g/mol. The molecule has 14 nitrogen and oxygen atoms in total. The normalized spacial score (nSPS) is 16.4. The number of urea groups is 1. The van der Waals surface area contributed by atoms with Gasteiger partial charge in [-0.05, 0) is 35.4 Å². The number of fused-ring (bicyclic) bond motifs is 1. The Labute approximate surface area is 242 Å². The molecule has 218 valence electrons. The Hall–Kier alpha value is -5.18. The van der Waals surface area contributed by atoms with Crippen LogP contribution < -0.4 is 24.8 Å². The number of hydrogen-bond acceptors (Lipinski definition) is 11. The number of amides is 4. The summed E-state index contributed by atoms with van der Waals surface area (Å²) in [6.07, 6.45) is -0.133. The molecule has 0 saturated carbocycles. The van der Waals surface area contributed by atoms with Gasteiger partial charge < -0.3 is 34.7 Å². The number of rotatable bonds is 10. The number of aromatic carboxylic acids is 1. The highest BCUT2D eigenvalue weighted by Crippen LogP contribution is 2.35. The molecule has 2 aliphatic rings. The molecule has 2 unspecified atom stereocenters. The number of methoxy groups -OCH3 is 1. The van der Waals surface area contributed by atoms with Crippen molar-refractivity contribution in [2.75, 3.05) is 32.2 Å². The molecule has 1 aromatic heterocycles. The van der Waals surface area contributed by atoms with E-state index in [4.69, 9.17) is 14.2 Å². The fourth-order valence-corrected chi connectivity index (χ4v) is 5.05. The first-order valence-corrected chi connectivity index (χ1v) is 13.4. The summed E-state index contributed by atoms with van der Waals surface area (Å²) in [7, 11) is 1.23. The van der Waals surface area contributed by atoms with E-state index >= 15 is 0 Å². The van der Waals surface area contributed by atoms with Crippen LogP contribution in [0.5, 0.6) is 17.2 Å². The summed E-state index contributed by atoms with van der Waals surface area (Å²) >= 11 is 0.881. The van der Waals surface area contributed by atoms with Crippen molar-refractivity contribution in [2.24, 2.45) is 0 Å². The lowest BCUT2D eigenvalue weighted by Gasteiger charge is -2.24. The van der Waals surface area contributed by atoms with Crippen LogP contribution in [0.25, 0.3) is 0 Å². The number of nitrogens with zero attached hydrogens (tertiary/aromatic N) is 2. The van der Waals surface area contributed by atoms with Crippen molar-refractivity contribution >= 4 is 46.3 Å². The van der Waals surface area contributed by atoms with Crippen molar-refractivity contribution in [1.29, 1.82) is 0 Å². The number of esters is 1. The van der Waals surface area contributed by atoms with Gasteiger partial charge in [-0.25, -0.2) is 24.3 Å². The van der Waals surface area contributed by atoms with Crippen LogP contribution in [0, 0.1) is 0 Å². The Balaban J connectivity index is 1.42. The monoisotopic (exact) mass is 596 g/mol. The summed E-state index contributed by atoms with van der Waals surface area (Å²) in [5, 5.41) is 15.5. The molecule has 2 atom stereocenters. The summed E-state index contributed by atoms with van der Waals surface area (Å²) in [6, 6.07) is 8.03. The second kappa shape index (κ2) is 12.1. The van der Waals surface area contributed by atoms with Gasteiger partial charge in [0.25, 0.3) is 5.91 Å². The van der Waals surface area contributed by atoms with Crippen molar-refractivity contribution in [3.8, 4) is 17.2 Å². The Morgan fingerprint density at radius 3 is 2.69 bits per heavy atom. The van der Waals surface area contributed by atoms with Gasteiger partial charge in [-0.2, -0.15) is 0 Å². The van der Waals surface area contributed by atoms with Crippen molar-refractivity contribution < 1.29 is 48.0 Å². The van der Waals surface area contributed by atoms with Crippen molar-refractivity contribution in [3.05, 3.63) is 64.7 Å². The lowest BCUT2D eigenvalue weighted by atomic mass is 10.0. The van der Waals surface area contributed by atoms with Gasteiger partial charge in [-0.1, -0.05) is 18.2 Å². The molecule has 1 saturated heterocycles. The first-order valence-electron chi connectivity index (χ1n) is 12.5. The molecule has 3 N–H and O–H groups in total. The minimum Gasteiger partial charge on any atom is -0.486 e. The third-order valence-electron chi connectivity index (χ3n) is 6.35. The van der Waals surface area contributed by atoms with Gasteiger partial charge >= 0.3 is 18.0 Å². The average molecular weight is 597 g/mol. The molecule has 0 radical (unpaired) electrons. The Morgan fingerprint density at radius 1 is 1.17 bits per heavy atom. The maximum absolute atomic E-state index is 13.7. The van der Waals surface area contributed by atoms with Gasteiger partial charge in [0.15, 0.2) is 28.9 Å². The molecule has 5 rings (SSSR count). The van der Waals surface area contributed by atoms with E-state index in [1.165, 1.54) is 12.5 Å². The number of carbonyl (C=O) groups excluding carboxylic acids is 4. The second-order valence-electron chi connectivity index (χ2n) is 9.06.